The van der Waals surface area contributed by atoms with Crippen molar-refractivity contribution in [2.75, 3.05) is 11.9 Å². The Kier molecular flexibility index (Phi) is 4.10. The van der Waals surface area contributed by atoms with Crippen LogP contribution in [0.5, 0.6) is 0 Å². The Labute approximate surface area is 159 Å². The molecular formula is C19H21FN6O2. The monoisotopic (exact) mass is 384 g/mol. The Morgan fingerprint density at radius 3 is 2.50 bits per heavy atom. The smallest absolute Gasteiger partial charge is 0.332 e. The van der Waals surface area contributed by atoms with Crippen LogP contribution in [0.25, 0.3) is 16.9 Å². The molecule has 0 amide bonds. The second kappa shape index (κ2) is 6.36. The number of aryl methyl sites for hydroxylation is 2. The zero-order chi connectivity index (χ0) is 20.2. The van der Waals surface area contributed by atoms with Gasteiger partial charge in [-0.15, -0.1) is 0 Å². The lowest BCUT2D eigenvalue weighted by molar-refractivity contribution is 0.628. The van der Waals surface area contributed by atoms with Crippen molar-refractivity contribution >= 4 is 22.6 Å². The first-order valence-electron chi connectivity index (χ1n) is 8.95. The van der Waals surface area contributed by atoms with Crippen LogP contribution >= 0.6 is 0 Å². The molecule has 28 heavy (non-hydrogen) atoms. The van der Waals surface area contributed by atoms with Gasteiger partial charge in [0.2, 0.25) is 5.78 Å². The van der Waals surface area contributed by atoms with Crippen molar-refractivity contribution in [3.63, 3.8) is 0 Å². The highest BCUT2D eigenvalue weighted by molar-refractivity contribution is 5.76. The van der Waals surface area contributed by atoms with Crippen LogP contribution in [-0.4, -0.2) is 29.6 Å². The highest BCUT2D eigenvalue weighted by atomic mass is 19.1. The van der Waals surface area contributed by atoms with Gasteiger partial charge in [-0.2, -0.15) is 4.98 Å². The number of imidazole rings is 2. The molecule has 0 spiro atoms. The molecule has 3 heterocycles. The van der Waals surface area contributed by atoms with Crippen molar-refractivity contribution in [1.82, 2.24) is 23.1 Å². The summed E-state index contributed by atoms with van der Waals surface area (Å²) in [6.07, 6.45) is 0. The number of fused-ring (bicyclic) bond motifs is 3. The standard InChI is InChI=1S/C19H21FN6O2/c1-11-12(2)26-15-16(23(3)19(28)24(4)17(15)27)22-18(26)25(11)10-9-21-14-8-6-5-7-13(14)20/h5-8,21H,9-10H2,1-4H3. The number of para-hydroxylation sites is 1. The van der Waals surface area contributed by atoms with E-state index in [9.17, 15) is 14.0 Å². The minimum absolute atomic E-state index is 0.307. The van der Waals surface area contributed by atoms with Gasteiger partial charge in [-0.25, -0.2) is 9.18 Å². The van der Waals surface area contributed by atoms with Gasteiger partial charge in [0.1, 0.15) is 5.82 Å². The first-order chi connectivity index (χ1) is 13.3. The second-order valence-corrected chi connectivity index (χ2v) is 6.85. The van der Waals surface area contributed by atoms with Crippen LogP contribution in [0.1, 0.15) is 11.4 Å². The second-order valence-electron chi connectivity index (χ2n) is 6.85. The Bertz CT molecular complexity index is 1340. The summed E-state index contributed by atoms with van der Waals surface area (Å²) in [4.78, 5) is 29.5. The maximum absolute atomic E-state index is 13.8. The maximum atomic E-state index is 13.8. The molecule has 0 bridgehead atoms. The molecule has 0 aliphatic carbocycles. The number of benzene rings is 1. The number of rotatable bonds is 4. The fourth-order valence-corrected chi connectivity index (χ4v) is 3.56. The van der Waals surface area contributed by atoms with Crippen molar-refractivity contribution in [2.45, 2.75) is 20.4 Å². The summed E-state index contributed by atoms with van der Waals surface area (Å²) < 4.78 is 20.0. The van der Waals surface area contributed by atoms with Gasteiger partial charge in [0, 0.05) is 38.6 Å². The van der Waals surface area contributed by atoms with Gasteiger partial charge in [0.15, 0.2) is 11.2 Å². The van der Waals surface area contributed by atoms with E-state index in [1.165, 1.54) is 17.7 Å². The molecule has 0 aliphatic rings. The largest absolute Gasteiger partial charge is 0.381 e. The lowest BCUT2D eigenvalue weighted by Crippen LogP contribution is -2.37. The molecule has 146 valence electrons. The summed E-state index contributed by atoms with van der Waals surface area (Å²) in [5.74, 6) is 0.275. The Morgan fingerprint density at radius 1 is 1.07 bits per heavy atom. The minimum Gasteiger partial charge on any atom is -0.381 e. The first-order valence-corrected chi connectivity index (χ1v) is 8.95. The van der Waals surface area contributed by atoms with E-state index in [0.717, 1.165) is 16.0 Å². The molecule has 0 fully saturated rings. The van der Waals surface area contributed by atoms with Gasteiger partial charge >= 0.3 is 5.69 Å². The lowest BCUT2D eigenvalue weighted by atomic mass is 10.3. The Balaban J connectivity index is 1.81. The van der Waals surface area contributed by atoms with Gasteiger partial charge in [-0.1, -0.05) is 12.1 Å². The highest BCUT2D eigenvalue weighted by Crippen LogP contribution is 2.20. The van der Waals surface area contributed by atoms with Crippen LogP contribution in [0.2, 0.25) is 0 Å². The van der Waals surface area contributed by atoms with Crippen LogP contribution in [-0.2, 0) is 20.6 Å². The maximum Gasteiger partial charge on any atom is 0.332 e. The third kappa shape index (κ3) is 2.46. The molecular weight excluding hydrogens is 363 g/mol. The van der Waals surface area contributed by atoms with Gasteiger partial charge in [0.05, 0.1) is 5.69 Å². The summed E-state index contributed by atoms with van der Waals surface area (Å²) in [6.45, 7) is 4.86. The molecule has 0 unspecified atom stereocenters. The van der Waals surface area contributed by atoms with E-state index in [1.54, 1.807) is 29.6 Å². The zero-order valence-corrected chi connectivity index (χ0v) is 16.2. The molecule has 1 aromatic carbocycles. The third-order valence-electron chi connectivity index (χ3n) is 5.27. The SMILES string of the molecule is Cc1c(C)n2c3c(=O)n(C)c(=O)n(C)c3nc2n1CCNc1ccccc1F. The van der Waals surface area contributed by atoms with Crippen molar-refractivity contribution in [3.05, 3.63) is 62.3 Å². The van der Waals surface area contributed by atoms with Gasteiger partial charge < -0.3 is 9.88 Å². The van der Waals surface area contributed by atoms with Gasteiger partial charge in [-0.05, 0) is 26.0 Å². The first kappa shape index (κ1) is 18.0. The van der Waals surface area contributed by atoms with Crippen LogP contribution < -0.4 is 16.6 Å². The van der Waals surface area contributed by atoms with Crippen LogP contribution in [0.3, 0.4) is 0 Å². The van der Waals surface area contributed by atoms with Crippen LogP contribution in [0.4, 0.5) is 10.1 Å². The average molecular weight is 384 g/mol. The van der Waals surface area contributed by atoms with E-state index in [-0.39, 0.29) is 11.4 Å². The summed E-state index contributed by atoms with van der Waals surface area (Å²) >= 11 is 0. The van der Waals surface area contributed by atoms with Crippen LogP contribution in [0.15, 0.2) is 33.9 Å². The summed E-state index contributed by atoms with van der Waals surface area (Å²) in [5.41, 5.74) is 2.19. The molecule has 4 aromatic rings. The van der Waals surface area contributed by atoms with E-state index in [4.69, 9.17) is 0 Å². The predicted octanol–water partition coefficient (Wildman–Crippen LogP) is 1.55. The molecule has 3 aromatic heterocycles. The van der Waals surface area contributed by atoms with Crippen molar-refractivity contribution < 1.29 is 4.39 Å². The number of hydrogen-bond acceptors (Lipinski definition) is 4. The van der Waals surface area contributed by atoms with E-state index < -0.39 is 5.69 Å². The number of nitrogens with zero attached hydrogens (tertiary/aromatic N) is 5. The van der Waals surface area contributed by atoms with E-state index >= 15 is 0 Å². The zero-order valence-electron chi connectivity index (χ0n) is 16.2. The third-order valence-corrected chi connectivity index (χ3v) is 5.27. The van der Waals surface area contributed by atoms with Crippen LogP contribution in [0, 0.1) is 19.7 Å². The van der Waals surface area contributed by atoms with Gasteiger partial charge in [-0.3, -0.25) is 18.3 Å². The van der Waals surface area contributed by atoms with Crippen molar-refractivity contribution in [2.24, 2.45) is 14.1 Å². The molecule has 0 saturated carbocycles. The number of hydrogen-bond donors (Lipinski definition) is 1. The molecule has 9 heteroatoms. The van der Waals surface area contributed by atoms with E-state index in [0.29, 0.717) is 35.7 Å². The van der Waals surface area contributed by atoms with Crippen molar-refractivity contribution in [1.29, 1.82) is 0 Å². The quantitative estimate of drug-likeness (QED) is 0.579. The normalized spacial score (nSPS) is 11.6. The fraction of sp³-hybridized carbons (Fsp3) is 0.316. The Hall–Kier alpha value is -3.36. The molecule has 4 rings (SSSR count). The molecule has 8 nitrogen and oxygen atoms in total. The number of anilines is 1. The van der Waals surface area contributed by atoms with E-state index in [1.807, 2.05) is 18.4 Å². The molecule has 0 aliphatic heterocycles. The number of halogens is 1. The lowest BCUT2D eigenvalue weighted by Gasteiger charge is -2.09. The fourth-order valence-electron chi connectivity index (χ4n) is 3.56. The van der Waals surface area contributed by atoms with E-state index in [2.05, 4.69) is 10.3 Å². The Morgan fingerprint density at radius 2 is 1.79 bits per heavy atom. The predicted molar refractivity (Wildman–Crippen MR) is 106 cm³/mol. The summed E-state index contributed by atoms with van der Waals surface area (Å²) in [5, 5.41) is 3.08. The molecule has 1 N–H and O–H groups in total. The topological polar surface area (TPSA) is 78.3 Å². The highest BCUT2D eigenvalue weighted by Gasteiger charge is 2.21. The summed E-state index contributed by atoms with van der Waals surface area (Å²) in [6, 6.07) is 6.50. The summed E-state index contributed by atoms with van der Waals surface area (Å²) in [7, 11) is 3.06. The molecule has 0 atom stereocenters. The van der Waals surface area contributed by atoms with Crippen molar-refractivity contribution in [3.8, 4) is 0 Å². The van der Waals surface area contributed by atoms with Gasteiger partial charge in [0.25, 0.3) is 5.56 Å². The molecule has 0 saturated heterocycles. The number of aromatic nitrogens is 5. The average Bonchev–Trinajstić information content (AvgIpc) is 3.17. The number of nitrogens with one attached hydrogen (secondary N) is 1. The minimum atomic E-state index is -0.416. The molecule has 0 radical (unpaired) electrons.